The van der Waals surface area contributed by atoms with Gasteiger partial charge in [0.05, 0.1) is 23.6 Å². The quantitative estimate of drug-likeness (QED) is 0.581. The van der Waals surface area contributed by atoms with E-state index in [1.807, 2.05) is 12.1 Å². The van der Waals surface area contributed by atoms with Gasteiger partial charge in [-0.05, 0) is 30.3 Å². The molecule has 3 heterocycles. The summed E-state index contributed by atoms with van der Waals surface area (Å²) in [6.07, 6.45) is 5.16. The van der Waals surface area contributed by atoms with E-state index in [1.54, 1.807) is 65.8 Å². The number of carbonyl (C=O) groups excluding carboxylic acids is 3. The van der Waals surface area contributed by atoms with E-state index in [9.17, 15) is 14.4 Å². The van der Waals surface area contributed by atoms with E-state index in [0.29, 0.717) is 16.3 Å². The molecule has 7 heteroatoms. The standard InChI is InChI=1S/C22H16ClN3O3/c23-14-8-10-15(11-9-14)25-21(28)17-16-7-4-12-24-26(16)19(18(17)22(25)29)20(27)13-5-2-1-3-6-13/h1-12,16-19H/t16-,17+,18+,19-/m0/s1. The normalized spacial score (nSPS) is 27.3. The zero-order valence-corrected chi connectivity index (χ0v) is 15.9. The lowest BCUT2D eigenvalue weighted by Crippen LogP contribution is -2.46. The van der Waals surface area contributed by atoms with E-state index < -0.39 is 23.9 Å². The van der Waals surface area contributed by atoms with Crippen molar-refractivity contribution in [2.75, 3.05) is 4.90 Å². The summed E-state index contributed by atoms with van der Waals surface area (Å²) < 4.78 is 0. The number of rotatable bonds is 3. The zero-order chi connectivity index (χ0) is 20.1. The number of carbonyl (C=O) groups is 3. The zero-order valence-electron chi connectivity index (χ0n) is 15.2. The Morgan fingerprint density at radius 2 is 1.62 bits per heavy atom. The number of nitrogens with zero attached hydrogens (tertiary/aromatic N) is 3. The van der Waals surface area contributed by atoms with E-state index >= 15 is 0 Å². The summed E-state index contributed by atoms with van der Waals surface area (Å²) in [7, 11) is 0. The molecule has 0 bridgehead atoms. The van der Waals surface area contributed by atoms with Crippen molar-refractivity contribution in [3.05, 3.63) is 77.3 Å². The van der Waals surface area contributed by atoms with E-state index in [1.165, 1.54) is 4.90 Å². The van der Waals surface area contributed by atoms with Crippen LogP contribution in [0.5, 0.6) is 0 Å². The van der Waals surface area contributed by atoms with Crippen molar-refractivity contribution >= 4 is 41.1 Å². The number of ketones is 1. The third kappa shape index (κ3) is 2.63. The molecular formula is C22H16ClN3O3. The highest BCUT2D eigenvalue weighted by Crippen LogP contribution is 2.46. The fraction of sp³-hybridized carbons (Fsp3) is 0.182. The van der Waals surface area contributed by atoms with Gasteiger partial charge in [0.2, 0.25) is 11.8 Å². The van der Waals surface area contributed by atoms with Crippen LogP contribution in [0.4, 0.5) is 5.69 Å². The van der Waals surface area contributed by atoms with Crippen LogP contribution in [0.25, 0.3) is 0 Å². The molecule has 3 aliphatic rings. The molecule has 0 aliphatic carbocycles. The number of hydrazone groups is 1. The van der Waals surface area contributed by atoms with Gasteiger partial charge in [-0.1, -0.05) is 48.0 Å². The van der Waals surface area contributed by atoms with Crippen molar-refractivity contribution in [3.8, 4) is 0 Å². The van der Waals surface area contributed by atoms with E-state index in [-0.39, 0.29) is 17.6 Å². The summed E-state index contributed by atoms with van der Waals surface area (Å²) in [5.41, 5.74) is 0.950. The number of fused-ring (bicyclic) bond motifs is 3. The number of amides is 2. The third-order valence-electron chi connectivity index (χ3n) is 5.70. The first kappa shape index (κ1) is 17.8. The number of hydrogen-bond donors (Lipinski definition) is 0. The van der Waals surface area contributed by atoms with Gasteiger partial charge in [-0.25, -0.2) is 4.90 Å². The van der Waals surface area contributed by atoms with Crippen LogP contribution in [0, 0.1) is 11.8 Å². The van der Waals surface area contributed by atoms with Crippen LogP contribution in [0.2, 0.25) is 5.02 Å². The van der Waals surface area contributed by atoms with Gasteiger partial charge in [-0.15, -0.1) is 0 Å². The van der Waals surface area contributed by atoms with Crippen LogP contribution < -0.4 is 4.90 Å². The Morgan fingerprint density at radius 3 is 2.34 bits per heavy atom. The molecule has 0 radical (unpaired) electrons. The summed E-state index contributed by atoms with van der Waals surface area (Å²) in [5.74, 6) is -2.37. The number of anilines is 1. The van der Waals surface area contributed by atoms with Crippen molar-refractivity contribution in [2.24, 2.45) is 16.9 Å². The Balaban J connectivity index is 1.58. The van der Waals surface area contributed by atoms with Crippen molar-refractivity contribution in [1.82, 2.24) is 5.01 Å². The molecule has 0 aromatic heterocycles. The SMILES string of the molecule is O=C(c1ccccc1)[C@@H]1[C@@H]2C(=O)N(c3ccc(Cl)cc3)C(=O)[C@@H]2[C@@H]2C=CC=NN12. The molecule has 144 valence electrons. The summed E-state index contributed by atoms with van der Waals surface area (Å²) >= 11 is 5.95. The van der Waals surface area contributed by atoms with Crippen molar-refractivity contribution in [2.45, 2.75) is 12.1 Å². The molecule has 0 N–H and O–H groups in total. The molecule has 2 aromatic rings. The van der Waals surface area contributed by atoms with E-state index in [2.05, 4.69) is 5.10 Å². The molecule has 2 aromatic carbocycles. The topological polar surface area (TPSA) is 70.0 Å². The second-order valence-corrected chi connectivity index (χ2v) is 7.67. The Bertz CT molecular complexity index is 1060. The molecule has 2 fully saturated rings. The minimum absolute atomic E-state index is 0.213. The fourth-order valence-electron chi connectivity index (χ4n) is 4.46. The van der Waals surface area contributed by atoms with Gasteiger partial charge >= 0.3 is 0 Å². The van der Waals surface area contributed by atoms with Crippen LogP contribution >= 0.6 is 11.6 Å². The first-order valence-corrected chi connectivity index (χ1v) is 9.67. The average molecular weight is 406 g/mol. The molecule has 0 unspecified atom stereocenters. The molecule has 29 heavy (non-hydrogen) atoms. The maximum Gasteiger partial charge on any atom is 0.240 e. The maximum absolute atomic E-state index is 13.4. The highest BCUT2D eigenvalue weighted by Gasteiger charge is 2.64. The van der Waals surface area contributed by atoms with Crippen molar-refractivity contribution in [3.63, 3.8) is 0 Å². The summed E-state index contributed by atoms with van der Waals surface area (Å²) in [6.45, 7) is 0. The number of Topliss-reactive ketones (excluding diaryl/α,β-unsaturated/α-hetero) is 1. The van der Waals surface area contributed by atoms with Gasteiger partial charge in [0.25, 0.3) is 0 Å². The largest absolute Gasteiger partial charge is 0.292 e. The first-order valence-electron chi connectivity index (χ1n) is 9.29. The molecule has 4 atom stereocenters. The minimum atomic E-state index is -0.831. The third-order valence-corrected chi connectivity index (χ3v) is 5.95. The van der Waals surface area contributed by atoms with Gasteiger partial charge in [0.1, 0.15) is 6.04 Å². The molecule has 0 spiro atoms. The van der Waals surface area contributed by atoms with E-state index in [0.717, 1.165) is 0 Å². The maximum atomic E-state index is 13.4. The van der Waals surface area contributed by atoms with Gasteiger partial charge in [0.15, 0.2) is 5.78 Å². The minimum Gasteiger partial charge on any atom is -0.292 e. The lowest BCUT2D eigenvalue weighted by molar-refractivity contribution is -0.123. The number of imide groups is 1. The summed E-state index contributed by atoms with van der Waals surface area (Å²) in [6, 6.07) is 14.1. The number of allylic oxidation sites excluding steroid dienone is 1. The van der Waals surface area contributed by atoms with Gasteiger partial charge in [-0.2, -0.15) is 5.10 Å². The van der Waals surface area contributed by atoms with E-state index in [4.69, 9.17) is 11.6 Å². The molecule has 2 saturated heterocycles. The number of halogens is 1. The average Bonchev–Trinajstić information content (AvgIpc) is 3.22. The second kappa shape index (κ2) is 6.67. The van der Waals surface area contributed by atoms with Gasteiger partial charge in [0, 0.05) is 16.8 Å². The Labute approximate surface area is 172 Å². The monoisotopic (exact) mass is 405 g/mol. The first-order chi connectivity index (χ1) is 14.1. The molecule has 3 aliphatic heterocycles. The van der Waals surface area contributed by atoms with Crippen LogP contribution in [-0.2, 0) is 9.59 Å². The predicted molar refractivity (Wildman–Crippen MR) is 109 cm³/mol. The predicted octanol–water partition coefficient (Wildman–Crippen LogP) is 2.94. The fourth-order valence-corrected chi connectivity index (χ4v) is 4.58. The smallest absolute Gasteiger partial charge is 0.240 e. The molecule has 6 nitrogen and oxygen atoms in total. The van der Waals surface area contributed by atoms with Crippen LogP contribution in [0.15, 0.2) is 71.9 Å². The number of benzene rings is 2. The van der Waals surface area contributed by atoms with Crippen LogP contribution in [0.1, 0.15) is 10.4 Å². The second-order valence-electron chi connectivity index (χ2n) is 7.24. The Morgan fingerprint density at radius 1 is 0.931 bits per heavy atom. The van der Waals surface area contributed by atoms with Crippen LogP contribution in [0.3, 0.4) is 0 Å². The van der Waals surface area contributed by atoms with Gasteiger partial charge < -0.3 is 0 Å². The summed E-state index contributed by atoms with van der Waals surface area (Å²) in [5, 5.41) is 6.47. The van der Waals surface area contributed by atoms with Crippen molar-refractivity contribution < 1.29 is 14.4 Å². The van der Waals surface area contributed by atoms with Gasteiger partial charge in [-0.3, -0.25) is 19.4 Å². The highest BCUT2D eigenvalue weighted by atomic mass is 35.5. The molecule has 2 amide bonds. The lowest BCUT2D eigenvalue weighted by Gasteiger charge is -2.30. The lowest BCUT2D eigenvalue weighted by atomic mass is 9.86. The van der Waals surface area contributed by atoms with Crippen molar-refractivity contribution in [1.29, 1.82) is 0 Å². The Hall–Kier alpha value is -3.25. The summed E-state index contributed by atoms with van der Waals surface area (Å²) in [4.78, 5) is 41.2. The van der Waals surface area contributed by atoms with Crippen LogP contribution in [-0.4, -0.2) is 40.9 Å². The molecular weight excluding hydrogens is 390 g/mol. The Kier molecular flexibility index (Phi) is 4.10. The number of hydrogen-bond acceptors (Lipinski definition) is 5. The molecule has 5 rings (SSSR count). The molecule has 0 saturated carbocycles. The highest BCUT2D eigenvalue weighted by molar-refractivity contribution is 6.31.